The van der Waals surface area contributed by atoms with Gasteiger partial charge >= 0.3 is 6.03 Å². The topological polar surface area (TPSA) is 50.8 Å². The minimum atomic E-state index is 0.0141. The Labute approximate surface area is 137 Å². The lowest BCUT2D eigenvalue weighted by Crippen LogP contribution is -2.53. The highest BCUT2D eigenvalue weighted by Crippen LogP contribution is 2.46. The van der Waals surface area contributed by atoms with Gasteiger partial charge in [-0.3, -0.25) is 0 Å². The highest BCUT2D eigenvalue weighted by atomic mass is 16.5. The molecule has 1 aromatic rings. The molecule has 1 unspecified atom stereocenters. The summed E-state index contributed by atoms with van der Waals surface area (Å²) in [7, 11) is 1.71. The van der Waals surface area contributed by atoms with E-state index in [1.165, 1.54) is 12.0 Å². The molecule has 5 nitrogen and oxygen atoms in total. The van der Waals surface area contributed by atoms with E-state index in [9.17, 15) is 4.79 Å². The first-order valence-corrected chi connectivity index (χ1v) is 8.42. The maximum atomic E-state index is 12.4. The molecule has 23 heavy (non-hydrogen) atoms. The van der Waals surface area contributed by atoms with E-state index >= 15 is 0 Å². The zero-order valence-corrected chi connectivity index (χ0v) is 14.0. The minimum absolute atomic E-state index is 0.0141. The zero-order valence-electron chi connectivity index (χ0n) is 14.0. The molecule has 1 aliphatic carbocycles. The van der Waals surface area contributed by atoms with E-state index in [0.29, 0.717) is 26.2 Å². The van der Waals surface area contributed by atoms with Crippen molar-refractivity contribution in [1.82, 2.24) is 10.2 Å². The Bertz CT molecular complexity index is 557. The van der Waals surface area contributed by atoms with E-state index in [4.69, 9.17) is 9.47 Å². The molecule has 0 radical (unpaired) electrons. The molecular formula is C18H26N2O3. The number of para-hydroxylation sites is 1. The average Bonchev–Trinajstić information content (AvgIpc) is 2.54. The van der Waals surface area contributed by atoms with E-state index in [2.05, 4.69) is 11.4 Å². The fourth-order valence-corrected chi connectivity index (χ4v) is 3.59. The van der Waals surface area contributed by atoms with Gasteiger partial charge in [0.2, 0.25) is 0 Å². The predicted octanol–water partition coefficient (Wildman–Crippen LogP) is 2.55. The smallest absolute Gasteiger partial charge is 0.317 e. The molecule has 2 amide bonds. The molecule has 1 aromatic carbocycles. The summed E-state index contributed by atoms with van der Waals surface area (Å²) < 4.78 is 11.0. The van der Waals surface area contributed by atoms with Gasteiger partial charge in [-0.2, -0.15) is 0 Å². The Morgan fingerprint density at radius 3 is 2.87 bits per heavy atom. The Balaban J connectivity index is 1.66. The maximum Gasteiger partial charge on any atom is 0.317 e. The monoisotopic (exact) mass is 318 g/mol. The summed E-state index contributed by atoms with van der Waals surface area (Å²) in [4.78, 5) is 14.3. The van der Waals surface area contributed by atoms with E-state index in [1.54, 1.807) is 7.11 Å². The summed E-state index contributed by atoms with van der Waals surface area (Å²) in [6, 6.07) is 8.18. The summed E-state index contributed by atoms with van der Waals surface area (Å²) >= 11 is 0. The molecule has 0 aromatic heterocycles. The third-order valence-corrected chi connectivity index (χ3v) is 5.10. The molecule has 2 fully saturated rings. The molecule has 1 atom stereocenters. The fourth-order valence-electron chi connectivity index (χ4n) is 3.59. The van der Waals surface area contributed by atoms with Crippen LogP contribution in [0.3, 0.4) is 0 Å². The molecule has 1 saturated heterocycles. The lowest BCUT2D eigenvalue weighted by molar-refractivity contribution is -0.00383. The van der Waals surface area contributed by atoms with Crippen LogP contribution < -0.4 is 10.1 Å². The highest BCUT2D eigenvalue weighted by Gasteiger charge is 2.41. The number of amides is 2. The van der Waals surface area contributed by atoms with Gasteiger partial charge in [-0.05, 0) is 25.8 Å². The number of hydrogen-bond acceptors (Lipinski definition) is 3. The van der Waals surface area contributed by atoms with Crippen molar-refractivity contribution in [2.45, 2.75) is 37.7 Å². The van der Waals surface area contributed by atoms with Gasteiger partial charge in [-0.25, -0.2) is 4.79 Å². The number of hydrogen-bond donors (Lipinski definition) is 1. The first-order valence-electron chi connectivity index (χ1n) is 8.42. The van der Waals surface area contributed by atoms with Gasteiger partial charge in [0.1, 0.15) is 5.75 Å². The van der Waals surface area contributed by atoms with Crippen LogP contribution in [0.25, 0.3) is 0 Å². The van der Waals surface area contributed by atoms with Gasteiger partial charge in [0.25, 0.3) is 0 Å². The maximum absolute atomic E-state index is 12.4. The number of rotatable bonds is 4. The molecule has 0 bridgehead atoms. The Morgan fingerprint density at radius 1 is 1.43 bits per heavy atom. The van der Waals surface area contributed by atoms with Crippen molar-refractivity contribution in [3.8, 4) is 5.75 Å². The molecule has 1 saturated carbocycles. The zero-order chi connectivity index (χ0) is 16.3. The largest absolute Gasteiger partial charge is 0.496 e. The van der Waals surface area contributed by atoms with Crippen molar-refractivity contribution >= 4 is 6.03 Å². The molecular weight excluding hydrogens is 292 g/mol. The predicted molar refractivity (Wildman–Crippen MR) is 88.9 cm³/mol. The van der Waals surface area contributed by atoms with Crippen molar-refractivity contribution in [3.63, 3.8) is 0 Å². The Kier molecular flexibility index (Phi) is 4.76. The summed E-state index contributed by atoms with van der Waals surface area (Å²) in [5, 5.41) is 3.14. The summed E-state index contributed by atoms with van der Waals surface area (Å²) in [6.07, 6.45) is 3.49. The Hall–Kier alpha value is -1.75. The van der Waals surface area contributed by atoms with E-state index < -0.39 is 0 Å². The van der Waals surface area contributed by atoms with Crippen LogP contribution in [-0.4, -0.2) is 50.4 Å². The van der Waals surface area contributed by atoms with Gasteiger partial charge in [-0.15, -0.1) is 0 Å². The normalized spacial score (nSPS) is 23.0. The Morgan fingerprint density at radius 2 is 2.22 bits per heavy atom. The first-order chi connectivity index (χ1) is 11.1. The van der Waals surface area contributed by atoms with Crippen LogP contribution in [0.15, 0.2) is 24.3 Å². The third kappa shape index (κ3) is 3.29. The van der Waals surface area contributed by atoms with Crippen molar-refractivity contribution in [3.05, 3.63) is 29.8 Å². The van der Waals surface area contributed by atoms with E-state index in [1.807, 2.05) is 30.0 Å². The number of nitrogens with zero attached hydrogens (tertiary/aromatic N) is 1. The third-order valence-electron chi connectivity index (χ3n) is 5.10. The lowest BCUT2D eigenvalue weighted by Gasteiger charge is -2.43. The van der Waals surface area contributed by atoms with Gasteiger partial charge in [0, 0.05) is 30.6 Å². The summed E-state index contributed by atoms with van der Waals surface area (Å²) in [5.74, 6) is 0.918. The SMILES string of the molecule is COc1ccccc1C1(CNC(=O)N2CCOC(C)C2)CCC1. The number of nitrogens with one attached hydrogen (secondary N) is 1. The fraction of sp³-hybridized carbons (Fsp3) is 0.611. The van der Waals surface area contributed by atoms with Gasteiger partial charge < -0.3 is 19.7 Å². The summed E-state index contributed by atoms with van der Waals surface area (Å²) in [5.41, 5.74) is 1.23. The molecule has 3 rings (SSSR count). The number of carbonyl (C=O) groups excluding carboxylic acids is 1. The lowest BCUT2D eigenvalue weighted by atomic mass is 9.64. The van der Waals surface area contributed by atoms with Crippen LogP contribution in [0.5, 0.6) is 5.75 Å². The van der Waals surface area contributed by atoms with Gasteiger partial charge in [0.05, 0.1) is 19.8 Å². The number of methoxy groups -OCH3 is 1. The van der Waals surface area contributed by atoms with Crippen molar-refractivity contribution in [1.29, 1.82) is 0 Å². The number of benzene rings is 1. The number of morpholine rings is 1. The molecule has 1 aliphatic heterocycles. The van der Waals surface area contributed by atoms with Crippen LogP contribution in [0.1, 0.15) is 31.7 Å². The highest BCUT2D eigenvalue weighted by molar-refractivity contribution is 5.74. The van der Waals surface area contributed by atoms with Crippen LogP contribution in [-0.2, 0) is 10.2 Å². The molecule has 2 aliphatic rings. The van der Waals surface area contributed by atoms with Crippen molar-refractivity contribution < 1.29 is 14.3 Å². The van der Waals surface area contributed by atoms with Crippen LogP contribution >= 0.6 is 0 Å². The van der Waals surface area contributed by atoms with Gasteiger partial charge in [0.15, 0.2) is 0 Å². The molecule has 1 heterocycles. The molecule has 1 N–H and O–H groups in total. The quantitative estimate of drug-likeness (QED) is 0.928. The second kappa shape index (κ2) is 6.79. The molecule has 126 valence electrons. The molecule has 0 spiro atoms. The number of ether oxygens (including phenoxy) is 2. The van der Waals surface area contributed by atoms with Gasteiger partial charge in [-0.1, -0.05) is 24.6 Å². The van der Waals surface area contributed by atoms with Crippen LogP contribution in [0, 0.1) is 0 Å². The second-order valence-electron chi connectivity index (χ2n) is 6.62. The van der Waals surface area contributed by atoms with E-state index in [-0.39, 0.29) is 17.6 Å². The standard InChI is InChI=1S/C18H26N2O3/c1-14-12-20(10-11-23-14)17(21)19-13-18(8-5-9-18)15-6-3-4-7-16(15)22-2/h3-4,6-7,14H,5,8-13H2,1-2H3,(H,19,21). The second-order valence-corrected chi connectivity index (χ2v) is 6.62. The number of carbonyl (C=O) groups is 1. The molecule has 5 heteroatoms. The van der Waals surface area contributed by atoms with Crippen LogP contribution in [0.2, 0.25) is 0 Å². The van der Waals surface area contributed by atoms with Crippen molar-refractivity contribution in [2.75, 3.05) is 33.4 Å². The van der Waals surface area contributed by atoms with E-state index in [0.717, 1.165) is 18.6 Å². The minimum Gasteiger partial charge on any atom is -0.496 e. The average molecular weight is 318 g/mol. The van der Waals surface area contributed by atoms with Crippen LogP contribution in [0.4, 0.5) is 4.79 Å². The first kappa shape index (κ1) is 16.1. The van der Waals surface area contributed by atoms with Crippen molar-refractivity contribution in [2.24, 2.45) is 0 Å². The summed E-state index contributed by atoms with van der Waals surface area (Å²) in [6.45, 7) is 4.61. The number of urea groups is 1.